The molecule has 1 aromatic rings. The molecule has 1 atom stereocenters. The van der Waals surface area contributed by atoms with E-state index in [9.17, 15) is 0 Å². The first-order valence-electron chi connectivity index (χ1n) is 4.77. The monoisotopic (exact) mass is 176 g/mol. The first-order valence-corrected chi connectivity index (χ1v) is 4.77. The van der Waals surface area contributed by atoms with Crippen LogP contribution in [0, 0.1) is 0 Å². The fourth-order valence-electron chi connectivity index (χ4n) is 1.15. The summed E-state index contributed by atoms with van der Waals surface area (Å²) in [6, 6.07) is 6.25. The van der Waals surface area contributed by atoms with E-state index in [1.807, 2.05) is 24.4 Å². The highest BCUT2D eigenvalue weighted by Gasteiger charge is 1.94. The quantitative estimate of drug-likeness (QED) is 0.647. The second kappa shape index (κ2) is 5.46. The highest BCUT2D eigenvalue weighted by atomic mass is 14.8. The van der Waals surface area contributed by atoms with Gasteiger partial charge in [-0.3, -0.25) is 9.98 Å². The molecular formula is C11H16N2. The van der Waals surface area contributed by atoms with E-state index in [4.69, 9.17) is 0 Å². The van der Waals surface area contributed by atoms with Crippen molar-refractivity contribution in [2.75, 3.05) is 0 Å². The molecule has 13 heavy (non-hydrogen) atoms. The van der Waals surface area contributed by atoms with Crippen LogP contribution < -0.4 is 0 Å². The zero-order chi connectivity index (χ0) is 9.52. The molecule has 0 bridgehead atoms. The average Bonchev–Trinajstić information content (AvgIpc) is 2.17. The van der Waals surface area contributed by atoms with Gasteiger partial charge >= 0.3 is 0 Å². The molecule has 1 heterocycles. The molecule has 0 saturated carbocycles. The number of rotatable bonds is 4. The molecule has 1 rings (SSSR count). The Hall–Kier alpha value is -1.18. The minimum atomic E-state index is 0.409. The summed E-state index contributed by atoms with van der Waals surface area (Å²) in [5.74, 6) is 0. The van der Waals surface area contributed by atoms with Crippen LogP contribution in [0.3, 0.4) is 0 Å². The van der Waals surface area contributed by atoms with Crippen LogP contribution in [-0.2, 0) is 0 Å². The molecule has 70 valence electrons. The third-order valence-electron chi connectivity index (χ3n) is 1.86. The summed E-state index contributed by atoms with van der Waals surface area (Å²) in [5.41, 5.74) is 0.936. The molecule has 0 aromatic carbocycles. The zero-order valence-corrected chi connectivity index (χ0v) is 8.27. The number of aromatic nitrogens is 1. The standard InChI is InChI=1S/C11H16N2/c1-3-6-10(2)13-9-11-7-4-5-8-12-11/h4-5,7-10H,3,6H2,1-2H3. The van der Waals surface area contributed by atoms with Gasteiger partial charge in [0.1, 0.15) is 0 Å². The number of pyridine rings is 1. The third-order valence-corrected chi connectivity index (χ3v) is 1.86. The van der Waals surface area contributed by atoms with E-state index in [1.165, 1.54) is 6.42 Å². The average molecular weight is 176 g/mol. The van der Waals surface area contributed by atoms with E-state index >= 15 is 0 Å². The van der Waals surface area contributed by atoms with Gasteiger partial charge in [0.15, 0.2) is 0 Å². The molecule has 0 aliphatic carbocycles. The largest absolute Gasteiger partial charge is 0.288 e. The van der Waals surface area contributed by atoms with Crippen molar-refractivity contribution in [1.29, 1.82) is 0 Å². The van der Waals surface area contributed by atoms with Crippen LogP contribution in [0.1, 0.15) is 32.4 Å². The van der Waals surface area contributed by atoms with E-state index in [-0.39, 0.29) is 0 Å². The molecule has 0 radical (unpaired) electrons. The molecule has 1 aromatic heterocycles. The van der Waals surface area contributed by atoms with Crippen LogP contribution in [0.25, 0.3) is 0 Å². The highest BCUT2D eigenvalue weighted by molar-refractivity contribution is 5.76. The van der Waals surface area contributed by atoms with Crippen LogP contribution in [0.5, 0.6) is 0 Å². The predicted octanol–water partition coefficient (Wildman–Crippen LogP) is 2.69. The Morgan fingerprint density at radius 1 is 1.54 bits per heavy atom. The molecule has 0 fully saturated rings. The van der Waals surface area contributed by atoms with Crippen molar-refractivity contribution in [3.63, 3.8) is 0 Å². The highest BCUT2D eigenvalue weighted by Crippen LogP contribution is 2.00. The van der Waals surface area contributed by atoms with Crippen LogP contribution >= 0.6 is 0 Å². The predicted molar refractivity (Wildman–Crippen MR) is 56.2 cm³/mol. The van der Waals surface area contributed by atoms with Gasteiger partial charge in [-0.2, -0.15) is 0 Å². The molecule has 0 aliphatic rings. The van der Waals surface area contributed by atoms with Crippen LogP contribution in [0.2, 0.25) is 0 Å². The lowest BCUT2D eigenvalue weighted by atomic mass is 10.2. The second-order valence-electron chi connectivity index (χ2n) is 3.17. The fraction of sp³-hybridized carbons (Fsp3) is 0.455. The van der Waals surface area contributed by atoms with Crippen LogP contribution in [0.15, 0.2) is 29.4 Å². The summed E-state index contributed by atoms with van der Waals surface area (Å²) in [4.78, 5) is 8.56. The molecule has 0 amide bonds. The van der Waals surface area contributed by atoms with Gasteiger partial charge in [-0.05, 0) is 25.5 Å². The Labute approximate surface area is 79.7 Å². The Bertz CT molecular complexity index is 254. The lowest BCUT2D eigenvalue weighted by Crippen LogP contribution is -1.97. The molecule has 0 N–H and O–H groups in total. The molecular weight excluding hydrogens is 160 g/mol. The molecule has 1 unspecified atom stereocenters. The summed E-state index contributed by atoms with van der Waals surface area (Å²) < 4.78 is 0. The number of nitrogens with zero attached hydrogens (tertiary/aromatic N) is 2. The van der Waals surface area contributed by atoms with Crippen molar-refractivity contribution < 1.29 is 0 Å². The Morgan fingerprint density at radius 2 is 2.38 bits per heavy atom. The summed E-state index contributed by atoms with van der Waals surface area (Å²) in [5, 5.41) is 0. The van der Waals surface area contributed by atoms with E-state index in [0.717, 1.165) is 12.1 Å². The van der Waals surface area contributed by atoms with E-state index < -0.39 is 0 Å². The van der Waals surface area contributed by atoms with E-state index in [1.54, 1.807) is 6.20 Å². The molecule has 0 spiro atoms. The van der Waals surface area contributed by atoms with Gasteiger partial charge in [0.05, 0.1) is 5.69 Å². The second-order valence-corrected chi connectivity index (χ2v) is 3.17. The maximum Gasteiger partial charge on any atom is 0.0807 e. The van der Waals surface area contributed by atoms with Gasteiger partial charge in [0, 0.05) is 18.5 Å². The fourth-order valence-corrected chi connectivity index (χ4v) is 1.15. The van der Waals surface area contributed by atoms with Crippen molar-refractivity contribution >= 4 is 6.21 Å². The smallest absolute Gasteiger partial charge is 0.0807 e. The zero-order valence-electron chi connectivity index (χ0n) is 8.27. The Balaban J connectivity index is 2.49. The van der Waals surface area contributed by atoms with Gasteiger partial charge in [-0.1, -0.05) is 19.4 Å². The van der Waals surface area contributed by atoms with Crippen molar-refractivity contribution in [3.8, 4) is 0 Å². The molecule has 0 saturated heterocycles. The van der Waals surface area contributed by atoms with Gasteiger partial charge in [0.2, 0.25) is 0 Å². The normalized spacial score (nSPS) is 13.4. The first kappa shape index (κ1) is 9.90. The first-order chi connectivity index (χ1) is 6.33. The summed E-state index contributed by atoms with van der Waals surface area (Å²) in [6.07, 6.45) is 5.95. The van der Waals surface area contributed by atoms with Gasteiger partial charge < -0.3 is 0 Å². The Kier molecular flexibility index (Phi) is 4.16. The maximum absolute atomic E-state index is 4.40. The van der Waals surface area contributed by atoms with Gasteiger partial charge in [-0.25, -0.2) is 0 Å². The van der Waals surface area contributed by atoms with Crippen molar-refractivity contribution in [1.82, 2.24) is 4.98 Å². The van der Waals surface area contributed by atoms with Gasteiger partial charge in [-0.15, -0.1) is 0 Å². The Morgan fingerprint density at radius 3 is 3.00 bits per heavy atom. The van der Waals surface area contributed by atoms with Crippen molar-refractivity contribution in [2.24, 2.45) is 4.99 Å². The van der Waals surface area contributed by atoms with Gasteiger partial charge in [0.25, 0.3) is 0 Å². The maximum atomic E-state index is 4.40. The minimum absolute atomic E-state index is 0.409. The van der Waals surface area contributed by atoms with Crippen molar-refractivity contribution in [3.05, 3.63) is 30.1 Å². The number of hydrogen-bond donors (Lipinski definition) is 0. The summed E-state index contributed by atoms with van der Waals surface area (Å²) in [6.45, 7) is 4.30. The summed E-state index contributed by atoms with van der Waals surface area (Å²) >= 11 is 0. The van der Waals surface area contributed by atoms with E-state index in [0.29, 0.717) is 6.04 Å². The third kappa shape index (κ3) is 3.83. The topological polar surface area (TPSA) is 25.2 Å². The minimum Gasteiger partial charge on any atom is -0.288 e. The SMILES string of the molecule is CCCC(C)N=Cc1ccccn1. The number of aliphatic imine (C=N–C) groups is 1. The van der Waals surface area contributed by atoms with Crippen LogP contribution in [-0.4, -0.2) is 17.2 Å². The lowest BCUT2D eigenvalue weighted by Gasteiger charge is -2.01. The summed E-state index contributed by atoms with van der Waals surface area (Å²) in [7, 11) is 0. The number of hydrogen-bond acceptors (Lipinski definition) is 2. The molecule has 2 heteroatoms. The molecule has 2 nitrogen and oxygen atoms in total. The van der Waals surface area contributed by atoms with Crippen LogP contribution in [0.4, 0.5) is 0 Å². The lowest BCUT2D eigenvalue weighted by molar-refractivity contribution is 0.657. The van der Waals surface area contributed by atoms with Crippen molar-refractivity contribution in [2.45, 2.75) is 32.7 Å². The molecule has 0 aliphatic heterocycles. The van der Waals surface area contributed by atoms with E-state index in [2.05, 4.69) is 23.8 Å².